The van der Waals surface area contributed by atoms with Crippen molar-refractivity contribution in [2.24, 2.45) is 0 Å². The summed E-state index contributed by atoms with van der Waals surface area (Å²) in [6.45, 7) is -0.0568. The molecule has 162 valence electrons. The number of carboxylic acids is 2. The van der Waals surface area contributed by atoms with Gasteiger partial charge in [-0.25, -0.2) is 0 Å². The van der Waals surface area contributed by atoms with Crippen molar-refractivity contribution in [1.29, 1.82) is 0 Å². The van der Waals surface area contributed by atoms with Crippen LogP contribution in [0.2, 0.25) is 20.1 Å². The SMILES string of the molecule is O=C(O)C(NCCNC(C(=O)O)c1cc(Cl)cc(Cl)c1O)c1cc(Cl)cc(Cl)c1O. The van der Waals surface area contributed by atoms with Crippen molar-refractivity contribution in [3.8, 4) is 11.5 Å². The number of carbonyl (C=O) groups is 2. The van der Waals surface area contributed by atoms with Gasteiger partial charge in [-0.15, -0.1) is 0 Å². The Labute approximate surface area is 190 Å². The molecule has 6 N–H and O–H groups in total. The molecule has 0 saturated heterocycles. The normalized spacial score (nSPS) is 13.1. The van der Waals surface area contributed by atoms with Crippen molar-refractivity contribution in [1.82, 2.24) is 10.6 Å². The van der Waals surface area contributed by atoms with Crippen molar-refractivity contribution in [2.45, 2.75) is 12.1 Å². The van der Waals surface area contributed by atoms with Gasteiger partial charge >= 0.3 is 11.9 Å². The number of hydrogen-bond donors (Lipinski definition) is 6. The first-order valence-electron chi connectivity index (χ1n) is 8.31. The van der Waals surface area contributed by atoms with E-state index < -0.39 is 35.5 Å². The summed E-state index contributed by atoms with van der Waals surface area (Å²) in [4.78, 5) is 23.2. The van der Waals surface area contributed by atoms with Crippen LogP contribution in [0.5, 0.6) is 11.5 Å². The van der Waals surface area contributed by atoms with Gasteiger partial charge in [-0.2, -0.15) is 0 Å². The van der Waals surface area contributed by atoms with Crippen LogP contribution in [0.25, 0.3) is 0 Å². The Morgan fingerprint density at radius 2 is 1.07 bits per heavy atom. The van der Waals surface area contributed by atoms with E-state index >= 15 is 0 Å². The predicted octanol–water partition coefficient (Wildman–Crippen LogP) is 3.84. The number of aromatic hydroxyl groups is 2. The van der Waals surface area contributed by atoms with Gasteiger partial charge in [0.05, 0.1) is 10.0 Å². The summed E-state index contributed by atoms with van der Waals surface area (Å²) in [5.41, 5.74) is -0.0943. The third-order valence-electron chi connectivity index (χ3n) is 4.05. The fourth-order valence-corrected chi connectivity index (χ4v) is 3.72. The van der Waals surface area contributed by atoms with E-state index in [2.05, 4.69) is 10.6 Å². The lowest BCUT2D eigenvalue weighted by atomic mass is 10.0. The van der Waals surface area contributed by atoms with E-state index in [9.17, 15) is 30.0 Å². The van der Waals surface area contributed by atoms with Gasteiger partial charge in [-0.1, -0.05) is 46.4 Å². The summed E-state index contributed by atoms with van der Waals surface area (Å²) in [6.07, 6.45) is 0. The number of phenols is 2. The van der Waals surface area contributed by atoms with E-state index in [1.807, 2.05) is 0 Å². The number of hydrogen-bond acceptors (Lipinski definition) is 6. The van der Waals surface area contributed by atoms with E-state index in [4.69, 9.17) is 46.4 Å². The maximum atomic E-state index is 11.6. The number of phenolic OH excluding ortho intramolecular Hbond substituents is 2. The summed E-state index contributed by atoms with van der Waals surface area (Å²) < 4.78 is 0. The van der Waals surface area contributed by atoms with Crippen LogP contribution in [0, 0.1) is 0 Å². The van der Waals surface area contributed by atoms with E-state index in [1.165, 1.54) is 24.3 Å². The highest BCUT2D eigenvalue weighted by molar-refractivity contribution is 6.36. The summed E-state index contributed by atoms with van der Waals surface area (Å²) >= 11 is 23.4. The second-order valence-corrected chi connectivity index (χ2v) is 7.79. The molecule has 2 atom stereocenters. The van der Waals surface area contributed by atoms with E-state index in [1.54, 1.807) is 0 Å². The second-order valence-electron chi connectivity index (χ2n) is 6.10. The minimum Gasteiger partial charge on any atom is -0.506 e. The second kappa shape index (κ2) is 10.4. The highest BCUT2D eigenvalue weighted by Gasteiger charge is 2.26. The standard InChI is InChI=1S/C18H16Cl4N2O6/c19-7-3-9(15(25)11(21)5-7)13(17(27)28)23-1-2-24-14(18(29)30)10-4-8(20)6-12(22)16(10)26/h3-6,13-14,23-26H,1-2H2,(H,27,28)(H,29,30). The third kappa shape index (κ3) is 5.81. The summed E-state index contributed by atoms with van der Waals surface area (Å²) in [6, 6.07) is 2.33. The van der Waals surface area contributed by atoms with Crippen LogP contribution < -0.4 is 10.6 Å². The van der Waals surface area contributed by atoms with Crippen LogP contribution in [0.3, 0.4) is 0 Å². The first-order valence-corrected chi connectivity index (χ1v) is 9.82. The molecule has 0 aliphatic carbocycles. The highest BCUT2D eigenvalue weighted by atomic mass is 35.5. The van der Waals surface area contributed by atoms with Crippen LogP contribution in [-0.2, 0) is 9.59 Å². The minimum absolute atomic E-state index is 0.0284. The number of halogens is 4. The fourth-order valence-electron chi connectivity index (χ4n) is 2.71. The third-order valence-corrected chi connectivity index (χ3v) is 5.07. The number of aliphatic carboxylic acids is 2. The Bertz CT molecular complexity index is 895. The Kier molecular flexibility index (Phi) is 8.42. The van der Waals surface area contributed by atoms with Crippen molar-refractivity contribution in [2.75, 3.05) is 13.1 Å². The van der Waals surface area contributed by atoms with Gasteiger partial charge < -0.3 is 20.4 Å². The molecule has 0 saturated carbocycles. The van der Waals surface area contributed by atoms with Crippen LogP contribution in [0.4, 0.5) is 0 Å². The highest BCUT2D eigenvalue weighted by Crippen LogP contribution is 2.36. The van der Waals surface area contributed by atoms with Crippen LogP contribution in [0.15, 0.2) is 24.3 Å². The molecule has 2 aromatic rings. The summed E-state index contributed by atoms with van der Waals surface area (Å²) in [5.74, 6) is -3.48. The Morgan fingerprint density at radius 1 is 0.733 bits per heavy atom. The molecule has 2 unspecified atom stereocenters. The van der Waals surface area contributed by atoms with Crippen molar-refractivity contribution in [3.05, 3.63) is 55.5 Å². The smallest absolute Gasteiger partial charge is 0.325 e. The molecule has 0 bridgehead atoms. The molecular weight excluding hydrogens is 482 g/mol. The van der Waals surface area contributed by atoms with Gasteiger partial charge in [0.2, 0.25) is 0 Å². The van der Waals surface area contributed by atoms with Gasteiger partial charge in [0.1, 0.15) is 23.6 Å². The monoisotopic (exact) mass is 496 g/mol. The molecule has 8 nitrogen and oxygen atoms in total. The number of benzene rings is 2. The Hall–Kier alpha value is -1.94. The van der Waals surface area contributed by atoms with E-state index in [0.717, 1.165) is 0 Å². The largest absolute Gasteiger partial charge is 0.506 e. The van der Waals surface area contributed by atoms with Crippen molar-refractivity contribution in [3.63, 3.8) is 0 Å². The quantitative estimate of drug-likeness (QED) is 0.287. The first kappa shape index (κ1) is 24.3. The van der Waals surface area contributed by atoms with Crippen LogP contribution >= 0.6 is 46.4 Å². The van der Waals surface area contributed by atoms with Crippen molar-refractivity contribution >= 4 is 58.3 Å². The van der Waals surface area contributed by atoms with Crippen molar-refractivity contribution < 1.29 is 30.0 Å². The number of nitrogens with one attached hydrogen (secondary N) is 2. The van der Waals surface area contributed by atoms with E-state index in [-0.39, 0.29) is 44.3 Å². The predicted molar refractivity (Wildman–Crippen MR) is 113 cm³/mol. The van der Waals surface area contributed by atoms with Gasteiger partial charge in [0, 0.05) is 34.3 Å². The first-order chi connectivity index (χ1) is 14.0. The summed E-state index contributed by atoms with van der Waals surface area (Å²) in [7, 11) is 0. The number of rotatable bonds is 9. The Morgan fingerprint density at radius 3 is 1.37 bits per heavy atom. The zero-order valence-electron chi connectivity index (χ0n) is 15.0. The molecule has 0 aromatic heterocycles. The molecule has 0 aliphatic rings. The summed E-state index contributed by atoms with van der Waals surface area (Å²) in [5, 5.41) is 44.4. The van der Waals surface area contributed by atoms with Crippen LogP contribution in [-0.4, -0.2) is 45.5 Å². The molecule has 0 spiro atoms. The maximum absolute atomic E-state index is 11.6. The van der Waals surface area contributed by atoms with Gasteiger partial charge in [-0.05, 0) is 24.3 Å². The average molecular weight is 498 g/mol. The minimum atomic E-state index is -1.36. The fraction of sp³-hybridized carbons (Fsp3) is 0.222. The zero-order valence-corrected chi connectivity index (χ0v) is 18.0. The molecule has 0 radical (unpaired) electrons. The maximum Gasteiger partial charge on any atom is 0.325 e. The van der Waals surface area contributed by atoms with Gasteiger partial charge in [0.15, 0.2) is 0 Å². The van der Waals surface area contributed by atoms with Crippen LogP contribution in [0.1, 0.15) is 23.2 Å². The molecule has 0 fully saturated rings. The van der Waals surface area contributed by atoms with Gasteiger partial charge in [-0.3, -0.25) is 20.2 Å². The lowest BCUT2D eigenvalue weighted by molar-refractivity contribution is -0.141. The van der Waals surface area contributed by atoms with E-state index in [0.29, 0.717) is 0 Å². The molecule has 12 heteroatoms. The molecule has 2 rings (SSSR count). The molecule has 0 heterocycles. The molecule has 0 amide bonds. The Balaban J connectivity index is 2.12. The van der Waals surface area contributed by atoms with Gasteiger partial charge in [0.25, 0.3) is 0 Å². The lowest BCUT2D eigenvalue weighted by Gasteiger charge is -2.20. The molecule has 30 heavy (non-hydrogen) atoms. The number of carboxylic acid groups (broad SMARTS) is 2. The topological polar surface area (TPSA) is 139 Å². The molecule has 2 aromatic carbocycles. The molecule has 0 aliphatic heterocycles. The average Bonchev–Trinajstić information content (AvgIpc) is 2.64. The molecular formula is C18H16Cl4N2O6. The lowest BCUT2D eigenvalue weighted by Crippen LogP contribution is -2.37. The zero-order chi connectivity index (χ0) is 22.6.